The molecule has 0 aliphatic heterocycles. The van der Waals surface area contributed by atoms with Crippen LogP contribution in [0.15, 0.2) is 66.7 Å². The third kappa shape index (κ3) is 9.07. The Hall–Kier alpha value is -3.87. The lowest BCUT2D eigenvalue weighted by Gasteiger charge is -2.34. The Bertz CT molecular complexity index is 1610. The van der Waals surface area contributed by atoms with Crippen molar-refractivity contribution < 1.29 is 27.7 Å². The molecule has 3 rings (SSSR count). The van der Waals surface area contributed by atoms with Crippen LogP contribution in [0.5, 0.6) is 5.75 Å². The number of ether oxygens (including phenoxy) is 1. The summed E-state index contributed by atoms with van der Waals surface area (Å²) in [5.74, 6) is -1.20. The standard InChI is InChI=1S/C30H34Cl2N4O7S/c1-5-20(2)33-30(38)27(15-21-9-7-6-8-10-21)34(18-22-11-12-23(31)16-25(22)32)29(37)19-35(44(4,41)42)26-17-24(36(39)40)13-14-28(26)43-3/h6-14,16-17,20,27H,5,15,18-19H2,1-4H3,(H,33,38)/t20-,27-/m0/s1. The summed E-state index contributed by atoms with van der Waals surface area (Å²) >= 11 is 12.6. The van der Waals surface area contributed by atoms with Gasteiger partial charge in [0, 0.05) is 41.2 Å². The smallest absolute Gasteiger partial charge is 0.271 e. The van der Waals surface area contributed by atoms with Crippen molar-refractivity contribution >= 4 is 56.4 Å². The minimum Gasteiger partial charge on any atom is -0.495 e. The molecular weight excluding hydrogens is 631 g/mol. The molecule has 3 aromatic rings. The monoisotopic (exact) mass is 664 g/mol. The van der Waals surface area contributed by atoms with Gasteiger partial charge in [0.1, 0.15) is 24.0 Å². The number of methoxy groups -OCH3 is 1. The van der Waals surface area contributed by atoms with Gasteiger partial charge < -0.3 is 15.0 Å². The Balaban J connectivity index is 2.16. The molecule has 14 heteroatoms. The molecule has 0 saturated carbocycles. The molecule has 0 saturated heterocycles. The average molecular weight is 666 g/mol. The van der Waals surface area contributed by atoms with Crippen LogP contribution in [0.4, 0.5) is 11.4 Å². The van der Waals surface area contributed by atoms with Gasteiger partial charge in [0.15, 0.2) is 0 Å². The second-order valence-corrected chi connectivity index (χ2v) is 12.9. The first-order valence-electron chi connectivity index (χ1n) is 13.6. The number of halogens is 2. The Kier molecular flexibility index (Phi) is 12.0. The molecule has 0 bridgehead atoms. The summed E-state index contributed by atoms with van der Waals surface area (Å²) in [6, 6.07) is 15.9. The van der Waals surface area contributed by atoms with Gasteiger partial charge in [0.2, 0.25) is 21.8 Å². The van der Waals surface area contributed by atoms with Crippen LogP contribution in [0.1, 0.15) is 31.4 Å². The number of nitro groups is 1. The predicted molar refractivity (Wildman–Crippen MR) is 171 cm³/mol. The number of rotatable bonds is 14. The van der Waals surface area contributed by atoms with Crippen LogP contribution in [-0.2, 0) is 32.6 Å². The van der Waals surface area contributed by atoms with Crippen LogP contribution < -0.4 is 14.4 Å². The van der Waals surface area contributed by atoms with Crippen LogP contribution in [0, 0.1) is 10.1 Å². The summed E-state index contributed by atoms with van der Waals surface area (Å²) in [5, 5.41) is 15.1. The number of carbonyl (C=O) groups excluding carboxylic acids is 2. The fraction of sp³-hybridized carbons (Fsp3) is 0.333. The number of benzene rings is 3. The number of hydrogen-bond donors (Lipinski definition) is 1. The predicted octanol–water partition coefficient (Wildman–Crippen LogP) is 5.23. The molecule has 0 fully saturated rings. The summed E-state index contributed by atoms with van der Waals surface area (Å²) in [5.41, 5.74) is 0.627. The summed E-state index contributed by atoms with van der Waals surface area (Å²) in [7, 11) is -2.92. The van der Waals surface area contributed by atoms with E-state index in [1.807, 2.05) is 32.0 Å². The van der Waals surface area contributed by atoms with Gasteiger partial charge in [0.25, 0.3) is 5.69 Å². The first-order valence-corrected chi connectivity index (χ1v) is 16.2. The van der Waals surface area contributed by atoms with Crippen molar-refractivity contribution in [1.29, 1.82) is 0 Å². The van der Waals surface area contributed by atoms with Crippen molar-refractivity contribution in [1.82, 2.24) is 10.2 Å². The number of hydrogen-bond acceptors (Lipinski definition) is 7. The van der Waals surface area contributed by atoms with E-state index < -0.39 is 45.0 Å². The number of nitrogens with zero attached hydrogens (tertiary/aromatic N) is 3. The van der Waals surface area contributed by atoms with E-state index in [9.17, 15) is 28.1 Å². The second kappa shape index (κ2) is 15.2. The van der Waals surface area contributed by atoms with Crippen molar-refractivity contribution in [3.05, 3.63) is 98.0 Å². The number of nitro benzene ring substituents is 1. The topological polar surface area (TPSA) is 139 Å². The van der Waals surface area contributed by atoms with Gasteiger partial charge in [-0.05, 0) is 42.7 Å². The molecule has 0 radical (unpaired) electrons. The van der Waals surface area contributed by atoms with Gasteiger partial charge in [-0.25, -0.2) is 8.42 Å². The van der Waals surface area contributed by atoms with Crippen LogP contribution in [0.2, 0.25) is 10.0 Å². The fourth-order valence-corrected chi connectivity index (χ4v) is 5.72. The van der Waals surface area contributed by atoms with E-state index in [0.29, 0.717) is 17.0 Å². The third-order valence-corrected chi connectivity index (χ3v) is 8.66. The van der Waals surface area contributed by atoms with E-state index in [0.717, 1.165) is 28.3 Å². The number of carbonyl (C=O) groups is 2. The number of sulfonamides is 1. The molecule has 11 nitrogen and oxygen atoms in total. The quantitative estimate of drug-likeness (QED) is 0.184. The van der Waals surface area contributed by atoms with Crippen molar-refractivity contribution in [3.8, 4) is 5.75 Å². The van der Waals surface area contributed by atoms with Crippen LogP contribution in [-0.4, -0.2) is 62.0 Å². The van der Waals surface area contributed by atoms with Crippen molar-refractivity contribution in [2.45, 2.75) is 45.3 Å². The van der Waals surface area contributed by atoms with E-state index >= 15 is 0 Å². The molecule has 2 atom stereocenters. The summed E-state index contributed by atoms with van der Waals surface area (Å²) < 4.78 is 32.2. The van der Waals surface area contributed by atoms with Gasteiger partial charge in [-0.2, -0.15) is 0 Å². The Morgan fingerprint density at radius 3 is 2.32 bits per heavy atom. The Labute approximate surface area is 266 Å². The molecule has 44 heavy (non-hydrogen) atoms. The van der Waals surface area contributed by atoms with Gasteiger partial charge in [0.05, 0.1) is 18.3 Å². The lowest BCUT2D eigenvalue weighted by atomic mass is 10.0. The zero-order chi connectivity index (χ0) is 32.6. The molecule has 0 aromatic heterocycles. The van der Waals surface area contributed by atoms with E-state index in [2.05, 4.69) is 5.32 Å². The van der Waals surface area contributed by atoms with Gasteiger partial charge in [-0.15, -0.1) is 0 Å². The molecule has 0 spiro atoms. The molecule has 1 N–H and O–H groups in total. The van der Waals surface area contributed by atoms with Crippen LogP contribution in [0.3, 0.4) is 0 Å². The van der Waals surface area contributed by atoms with Gasteiger partial charge in [-0.3, -0.25) is 24.0 Å². The second-order valence-electron chi connectivity index (χ2n) is 10.2. The van der Waals surface area contributed by atoms with E-state index in [-0.39, 0.29) is 35.5 Å². The highest BCUT2D eigenvalue weighted by Crippen LogP contribution is 2.34. The SMILES string of the molecule is CC[C@H](C)NC(=O)[C@H](Cc1ccccc1)N(Cc1ccc(Cl)cc1Cl)C(=O)CN(c1cc([N+](=O)[O-])ccc1OC)S(C)(=O)=O. The van der Waals surface area contributed by atoms with Crippen molar-refractivity contribution in [3.63, 3.8) is 0 Å². The lowest BCUT2D eigenvalue weighted by Crippen LogP contribution is -2.54. The minimum atomic E-state index is -4.20. The maximum Gasteiger partial charge on any atom is 0.271 e. The molecule has 2 amide bonds. The Morgan fingerprint density at radius 2 is 1.75 bits per heavy atom. The minimum absolute atomic E-state index is 0.00327. The van der Waals surface area contributed by atoms with Gasteiger partial charge >= 0.3 is 0 Å². The molecule has 0 aliphatic carbocycles. The van der Waals surface area contributed by atoms with E-state index in [1.165, 1.54) is 24.1 Å². The zero-order valence-electron chi connectivity index (χ0n) is 24.7. The number of amides is 2. The Morgan fingerprint density at radius 1 is 1.07 bits per heavy atom. The molecule has 236 valence electrons. The van der Waals surface area contributed by atoms with Gasteiger partial charge in [-0.1, -0.05) is 66.5 Å². The number of nitrogens with one attached hydrogen (secondary N) is 1. The van der Waals surface area contributed by atoms with E-state index in [1.54, 1.807) is 24.3 Å². The number of anilines is 1. The molecule has 0 unspecified atom stereocenters. The maximum atomic E-state index is 14.3. The van der Waals surface area contributed by atoms with Crippen LogP contribution >= 0.6 is 23.2 Å². The largest absolute Gasteiger partial charge is 0.495 e. The molecule has 3 aromatic carbocycles. The summed E-state index contributed by atoms with van der Waals surface area (Å²) in [4.78, 5) is 40.1. The average Bonchev–Trinajstić information content (AvgIpc) is 2.97. The first-order chi connectivity index (χ1) is 20.7. The summed E-state index contributed by atoms with van der Waals surface area (Å²) in [6.45, 7) is 2.79. The zero-order valence-corrected chi connectivity index (χ0v) is 27.0. The fourth-order valence-electron chi connectivity index (χ4n) is 4.41. The summed E-state index contributed by atoms with van der Waals surface area (Å²) in [6.07, 6.45) is 1.62. The molecule has 0 aliphatic rings. The molecule has 0 heterocycles. The van der Waals surface area contributed by atoms with Crippen molar-refractivity contribution in [2.75, 3.05) is 24.2 Å². The highest BCUT2D eigenvalue weighted by Gasteiger charge is 2.35. The van der Waals surface area contributed by atoms with Crippen molar-refractivity contribution in [2.24, 2.45) is 0 Å². The number of non-ortho nitro benzene ring substituents is 1. The first kappa shape index (κ1) is 34.6. The molecular formula is C30H34Cl2N4O7S. The van der Waals surface area contributed by atoms with E-state index in [4.69, 9.17) is 27.9 Å². The van der Waals surface area contributed by atoms with Crippen LogP contribution in [0.25, 0.3) is 0 Å². The highest BCUT2D eigenvalue weighted by molar-refractivity contribution is 7.92. The highest BCUT2D eigenvalue weighted by atomic mass is 35.5. The lowest BCUT2D eigenvalue weighted by molar-refractivity contribution is -0.384. The maximum absolute atomic E-state index is 14.3. The third-order valence-electron chi connectivity index (χ3n) is 6.95. The normalized spacial score (nSPS) is 12.6.